The van der Waals surface area contributed by atoms with Crippen molar-refractivity contribution in [2.45, 2.75) is 44.0 Å². The molecule has 6 nitrogen and oxygen atoms in total. The number of nitrogens with zero attached hydrogens (tertiary/aromatic N) is 1. The second-order valence-corrected chi connectivity index (χ2v) is 7.64. The number of hydrogen-bond acceptors (Lipinski definition) is 4. The van der Waals surface area contributed by atoms with Crippen molar-refractivity contribution in [3.05, 3.63) is 29.8 Å². The predicted molar refractivity (Wildman–Crippen MR) is 119 cm³/mol. The normalized spacial score (nSPS) is 19.5. The van der Waals surface area contributed by atoms with Gasteiger partial charge in [0.2, 0.25) is 0 Å². The highest BCUT2D eigenvalue weighted by atomic mass is 127. The molecule has 1 aliphatic rings. The number of benzene rings is 1. The van der Waals surface area contributed by atoms with Crippen molar-refractivity contribution in [3.8, 4) is 5.75 Å². The first-order valence-corrected chi connectivity index (χ1v) is 9.74. The number of primary amides is 1. The molecular weight excluding hydrogens is 463 g/mol. The fraction of sp³-hybridized carbons (Fsp3) is 0.556. The van der Waals surface area contributed by atoms with E-state index in [-0.39, 0.29) is 30.6 Å². The Labute approximate surface area is 177 Å². The summed E-state index contributed by atoms with van der Waals surface area (Å²) in [6.07, 6.45) is 3.65. The van der Waals surface area contributed by atoms with Crippen LogP contribution in [0.3, 0.4) is 0 Å². The number of guanidine groups is 1. The zero-order valence-electron chi connectivity index (χ0n) is 15.4. The molecule has 1 aromatic rings. The van der Waals surface area contributed by atoms with Gasteiger partial charge in [0.1, 0.15) is 5.75 Å². The van der Waals surface area contributed by atoms with E-state index in [1.54, 1.807) is 7.05 Å². The summed E-state index contributed by atoms with van der Waals surface area (Å²) in [5.41, 5.74) is 6.15. The van der Waals surface area contributed by atoms with Gasteiger partial charge in [0.25, 0.3) is 5.91 Å². The summed E-state index contributed by atoms with van der Waals surface area (Å²) in [7, 11) is 1.79. The predicted octanol–water partition coefficient (Wildman–Crippen LogP) is 2.51. The summed E-state index contributed by atoms with van der Waals surface area (Å²) in [4.78, 5) is 15.1. The van der Waals surface area contributed by atoms with E-state index in [9.17, 15) is 4.79 Å². The van der Waals surface area contributed by atoms with Crippen molar-refractivity contribution >= 4 is 47.6 Å². The molecule has 8 heteroatoms. The van der Waals surface area contributed by atoms with Gasteiger partial charge in [-0.1, -0.05) is 19.1 Å². The van der Waals surface area contributed by atoms with Gasteiger partial charge >= 0.3 is 0 Å². The Kier molecular flexibility index (Phi) is 10.8. The average molecular weight is 492 g/mol. The molecule has 1 aromatic carbocycles. The molecule has 0 aromatic heterocycles. The highest BCUT2D eigenvalue weighted by Gasteiger charge is 2.25. The summed E-state index contributed by atoms with van der Waals surface area (Å²) in [5, 5.41) is 7.61. The lowest BCUT2D eigenvalue weighted by Gasteiger charge is -2.17. The summed E-state index contributed by atoms with van der Waals surface area (Å²) in [6.45, 7) is 2.74. The molecule has 1 fully saturated rings. The molecule has 4 N–H and O–H groups in total. The quantitative estimate of drug-likeness (QED) is 0.295. The third kappa shape index (κ3) is 8.03. The Bertz CT molecular complexity index is 600. The first kappa shape index (κ1) is 22.9. The number of nitrogens with two attached hydrogens (primary N) is 1. The van der Waals surface area contributed by atoms with Crippen LogP contribution in [-0.4, -0.2) is 42.6 Å². The lowest BCUT2D eigenvalue weighted by Crippen LogP contribution is -2.42. The van der Waals surface area contributed by atoms with Gasteiger partial charge in [-0.2, -0.15) is 11.8 Å². The summed E-state index contributed by atoms with van der Waals surface area (Å²) in [6, 6.07) is 8.09. The molecule has 0 saturated heterocycles. The van der Waals surface area contributed by atoms with Gasteiger partial charge in [0, 0.05) is 24.9 Å². The number of rotatable bonds is 8. The number of aliphatic imine (C=N–C) groups is 1. The minimum Gasteiger partial charge on any atom is -0.484 e. The third-order valence-corrected chi connectivity index (χ3v) is 5.32. The Hall–Kier alpha value is -1.16. The standard InChI is InChI=1S/C18H28N4O2S.HI/c1-3-25-16-8-7-14(10-16)22-18(20-2)21-11-13-5-4-6-15(9-13)24-12-17(19)23;/h4-6,9,14,16H,3,7-8,10-12H2,1-2H3,(H2,19,23)(H2,20,21,22);1H. The van der Waals surface area contributed by atoms with Crippen LogP contribution in [0.1, 0.15) is 31.7 Å². The van der Waals surface area contributed by atoms with E-state index in [2.05, 4.69) is 22.5 Å². The van der Waals surface area contributed by atoms with Crippen molar-refractivity contribution in [2.75, 3.05) is 19.4 Å². The van der Waals surface area contributed by atoms with Crippen molar-refractivity contribution < 1.29 is 9.53 Å². The monoisotopic (exact) mass is 492 g/mol. The van der Waals surface area contributed by atoms with Crippen molar-refractivity contribution in [1.82, 2.24) is 10.6 Å². The Morgan fingerprint density at radius 1 is 1.42 bits per heavy atom. The maximum absolute atomic E-state index is 10.8. The number of halogens is 1. The number of hydrogen-bond donors (Lipinski definition) is 3. The molecule has 2 unspecified atom stereocenters. The van der Waals surface area contributed by atoms with Crippen LogP contribution in [0.2, 0.25) is 0 Å². The van der Waals surface area contributed by atoms with Crippen LogP contribution >= 0.6 is 35.7 Å². The topological polar surface area (TPSA) is 88.7 Å². The molecule has 0 bridgehead atoms. The molecule has 0 heterocycles. The van der Waals surface area contributed by atoms with Crippen LogP contribution in [0.25, 0.3) is 0 Å². The molecule has 146 valence electrons. The lowest BCUT2D eigenvalue weighted by molar-refractivity contribution is -0.119. The van der Waals surface area contributed by atoms with Crippen LogP contribution in [-0.2, 0) is 11.3 Å². The smallest absolute Gasteiger partial charge is 0.255 e. The van der Waals surface area contributed by atoms with Crippen molar-refractivity contribution in [2.24, 2.45) is 10.7 Å². The van der Waals surface area contributed by atoms with Crippen molar-refractivity contribution in [3.63, 3.8) is 0 Å². The second kappa shape index (κ2) is 12.3. The number of carbonyl (C=O) groups excluding carboxylic acids is 1. The molecule has 2 atom stereocenters. The van der Waals surface area contributed by atoms with E-state index in [1.807, 2.05) is 36.0 Å². The van der Waals surface area contributed by atoms with E-state index in [4.69, 9.17) is 10.5 Å². The first-order valence-electron chi connectivity index (χ1n) is 8.69. The van der Waals surface area contributed by atoms with E-state index < -0.39 is 5.91 Å². The molecule has 2 rings (SSSR count). The van der Waals surface area contributed by atoms with Gasteiger partial charge in [0.15, 0.2) is 12.6 Å². The first-order chi connectivity index (χ1) is 12.1. The number of nitrogens with one attached hydrogen (secondary N) is 2. The summed E-state index contributed by atoms with van der Waals surface area (Å²) < 4.78 is 5.33. The fourth-order valence-electron chi connectivity index (χ4n) is 2.93. The molecule has 0 spiro atoms. The molecule has 1 aliphatic carbocycles. The van der Waals surface area contributed by atoms with Crippen LogP contribution < -0.4 is 21.1 Å². The Morgan fingerprint density at radius 3 is 2.92 bits per heavy atom. The number of thioether (sulfide) groups is 1. The summed E-state index contributed by atoms with van der Waals surface area (Å²) in [5.74, 6) is 2.15. The van der Waals surface area contributed by atoms with E-state index in [0.717, 1.165) is 16.8 Å². The largest absolute Gasteiger partial charge is 0.484 e. The molecule has 1 amide bonds. The van der Waals surface area contributed by atoms with Crippen LogP contribution in [0.4, 0.5) is 0 Å². The molecule has 0 radical (unpaired) electrons. The molecular formula is C18H29IN4O2S. The van der Waals surface area contributed by atoms with Gasteiger partial charge in [0.05, 0.1) is 0 Å². The number of amides is 1. The number of ether oxygens (including phenoxy) is 1. The molecule has 0 aliphatic heterocycles. The van der Waals surface area contributed by atoms with Gasteiger partial charge < -0.3 is 21.1 Å². The van der Waals surface area contributed by atoms with E-state index in [0.29, 0.717) is 18.3 Å². The average Bonchev–Trinajstić information content (AvgIpc) is 3.04. The van der Waals surface area contributed by atoms with Crippen LogP contribution in [0, 0.1) is 0 Å². The van der Waals surface area contributed by atoms with E-state index in [1.165, 1.54) is 25.0 Å². The number of carbonyl (C=O) groups is 1. The van der Waals surface area contributed by atoms with Crippen molar-refractivity contribution in [1.29, 1.82) is 0 Å². The van der Waals surface area contributed by atoms with Gasteiger partial charge in [-0.25, -0.2) is 0 Å². The molecule has 1 saturated carbocycles. The highest BCUT2D eigenvalue weighted by molar-refractivity contribution is 14.0. The second-order valence-electron chi connectivity index (χ2n) is 6.06. The molecule has 26 heavy (non-hydrogen) atoms. The highest BCUT2D eigenvalue weighted by Crippen LogP contribution is 2.29. The minimum atomic E-state index is -0.482. The third-order valence-electron chi connectivity index (χ3n) is 4.09. The maximum Gasteiger partial charge on any atom is 0.255 e. The Morgan fingerprint density at radius 2 is 2.23 bits per heavy atom. The maximum atomic E-state index is 10.8. The van der Waals surface area contributed by atoms with Gasteiger partial charge in [-0.15, -0.1) is 24.0 Å². The van der Waals surface area contributed by atoms with E-state index >= 15 is 0 Å². The van der Waals surface area contributed by atoms with Gasteiger partial charge in [-0.05, 0) is 42.7 Å². The zero-order valence-corrected chi connectivity index (χ0v) is 18.5. The minimum absolute atomic E-state index is 0. The van der Waals surface area contributed by atoms with Gasteiger partial charge in [-0.3, -0.25) is 9.79 Å². The van der Waals surface area contributed by atoms with Crippen LogP contribution in [0.15, 0.2) is 29.3 Å². The Balaban J connectivity index is 0.00000338. The fourth-order valence-corrected chi connectivity index (χ4v) is 4.07. The summed E-state index contributed by atoms with van der Waals surface area (Å²) >= 11 is 2.05. The van der Waals surface area contributed by atoms with Crippen LogP contribution in [0.5, 0.6) is 5.75 Å². The lowest BCUT2D eigenvalue weighted by atomic mass is 10.2. The zero-order chi connectivity index (χ0) is 18.1. The SMILES string of the molecule is CCSC1CCC(NC(=NC)NCc2cccc(OCC(N)=O)c2)C1.I.